The maximum absolute atomic E-state index is 13.6. The van der Waals surface area contributed by atoms with Crippen molar-refractivity contribution in [2.45, 2.75) is 61.3 Å². The highest BCUT2D eigenvalue weighted by Gasteiger charge is 2.32. The van der Waals surface area contributed by atoms with Gasteiger partial charge in [-0.3, -0.25) is 4.52 Å². The summed E-state index contributed by atoms with van der Waals surface area (Å²) in [5, 5.41) is 0. The quantitative estimate of drug-likeness (QED) is 0.373. The fraction of sp³-hybridized carbons (Fsp3) is 0.500. The minimum atomic E-state index is -3.85. The number of hydrogen-bond acceptors (Lipinski definition) is 4. The number of hydrogen-bond donors (Lipinski definition) is 0. The summed E-state index contributed by atoms with van der Waals surface area (Å²) in [4.78, 5) is 0. The van der Waals surface area contributed by atoms with Crippen LogP contribution in [-0.4, -0.2) is 6.61 Å². The first-order valence-electron chi connectivity index (χ1n) is 10.4. The fourth-order valence-electron chi connectivity index (χ4n) is 3.52. The van der Waals surface area contributed by atoms with E-state index in [9.17, 15) is 4.57 Å². The van der Waals surface area contributed by atoms with Crippen LogP contribution in [0.15, 0.2) is 36.4 Å². The number of phosphoric ester groups is 1. The van der Waals surface area contributed by atoms with Gasteiger partial charge in [-0.25, -0.2) is 4.57 Å². The van der Waals surface area contributed by atoms with Gasteiger partial charge in [-0.05, 0) is 92.5 Å². The molecule has 0 fully saturated rings. The van der Waals surface area contributed by atoms with Gasteiger partial charge in [0.15, 0.2) is 0 Å². The van der Waals surface area contributed by atoms with E-state index in [0.717, 1.165) is 35.1 Å². The first-order chi connectivity index (χ1) is 13.6. The summed E-state index contributed by atoms with van der Waals surface area (Å²) in [6, 6.07) is 11.5. The Morgan fingerprint density at radius 1 is 0.793 bits per heavy atom. The van der Waals surface area contributed by atoms with Crippen molar-refractivity contribution >= 4 is 7.82 Å². The molecule has 1 unspecified atom stereocenters. The van der Waals surface area contributed by atoms with Crippen LogP contribution in [0.1, 0.15) is 55.9 Å². The highest BCUT2D eigenvalue weighted by atomic mass is 31.2. The lowest BCUT2D eigenvalue weighted by molar-refractivity contribution is 0.165. The summed E-state index contributed by atoms with van der Waals surface area (Å²) in [7, 11) is -3.85. The molecule has 2 aromatic rings. The molecule has 5 heteroatoms. The molecule has 0 saturated heterocycles. The van der Waals surface area contributed by atoms with Crippen molar-refractivity contribution in [3.63, 3.8) is 0 Å². The lowest BCUT2D eigenvalue weighted by atomic mass is 9.96. The third kappa shape index (κ3) is 7.87. The SMILES string of the molecule is CCC(COP(=O)(Oc1cc(C)cc(C)c1)Oc1cc(C)cc(C)c1)CC(C)C. The van der Waals surface area contributed by atoms with Crippen LogP contribution >= 0.6 is 7.82 Å². The first kappa shape index (κ1) is 23.5. The molecule has 4 nitrogen and oxygen atoms in total. The van der Waals surface area contributed by atoms with Crippen molar-refractivity contribution in [1.29, 1.82) is 0 Å². The molecule has 0 saturated carbocycles. The Kier molecular flexibility index (Phi) is 8.36. The van der Waals surface area contributed by atoms with E-state index in [2.05, 4.69) is 20.8 Å². The monoisotopic (exact) mass is 418 g/mol. The van der Waals surface area contributed by atoms with Crippen LogP contribution in [0.25, 0.3) is 0 Å². The molecule has 0 aromatic heterocycles. The van der Waals surface area contributed by atoms with Crippen molar-refractivity contribution in [2.75, 3.05) is 6.61 Å². The van der Waals surface area contributed by atoms with Crippen LogP contribution in [0.2, 0.25) is 0 Å². The maximum atomic E-state index is 13.6. The van der Waals surface area contributed by atoms with Gasteiger partial charge in [0.25, 0.3) is 0 Å². The van der Waals surface area contributed by atoms with Crippen molar-refractivity contribution in [3.8, 4) is 11.5 Å². The lowest BCUT2D eigenvalue weighted by Gasteiger charge is -2.23. The highest BCUT2D eigenvalue weighted by Crippen LogP contribution is 2.50. The molecule has 0 aliphatic heterocycles. The molecule has 2 aromatic carbocycles. The fourth-order valence-corrected chi connectivity index (χ4v) is 4.78. The average Bonchev–Trinajstić information content (AvgIpc) is 2.56. The van der Waals surface area contributed by atoms with E-state index < -0.39 is 7.82 Å². The third-order valence-corrected chi connectivity index (χ3v) is 6.01. The zero-order valence-electron chi connectivity index (χ0n) is 18.8. The smallest absolute Gasteiger partial charge is 0.395 e. The number of phosphoric acid groups is 1. The van der Waals surface area contributed by atoms with Gasteiger partial charge < -0.3 is 9.05 Å². The Hall–Kier alpha value is -1.77. The van der Waals surface area contributed by atoms with Gasteiger partial charge in [0.2, 0.25) is 0 Å². The van der Waals surface area contributed by atoms with Crippen LogP contribution < -0.4 is 9.05 Å². The molecule has 0 aliphatic carbocycles. The first-order valence-corrected chi connectivity index (χ1v) is 11.8. The van der Waals surface area contributed by atoms with E-state index >= 15 is 0 Å². The van der Waals surface area contributed by atoms with Gasteiger partial charge >= 0.3 is 7.82 Å². The lowest BCUT2D eigenvalue weighted by Crippen LogP contribution is -2.14. The van der Waals surface area contributed by atoms with E-state index in [1.54, 1.807) is 0 Å². The van der Waals surface area contributed by atoms with Gasteiger partial charge in [-0.1, -0.05) is 39.3 Å². The normalized spacial score (nSPS) is 12.8. The molecule has 29 heavy (non-hydrogen) atoms. The molecular weight excluding hydrogens is 383 g/mol. The molecule has 0 radical (unpaired) electrons. The van der Waals surface area contributed by atoms with E-state index in [0.29, 0.717) is 29.9 Å². The predicted molar refractivity (Wildman–Crippen MR) is 120 cm³/mol. The molecule has 1 atom stereocenters. The highest BCUT2D eigenvalue weighted by molar-refractivity contribution is 7.49. The largest absolute Gasteiger partial charge is 0.587 e. The molecular formula is C24H35O4P. The van der Waals surface area contributed by atoms with Crippen LogP contribution in [0.5, 0.6) is 11.5 Å². The Balaban J connectivity index is 2.28. The van der Waals surface area contributed by atoms with E-state index in [1.165, 1.54) is 0 Å². The Morgan fingerprint density at radius 2 is 1.21 bits per heavy atom. The summed E-state index contributed by atoms with van der Waals surface area (Å²) >= 11 is 0. The number of rotatable bonds is 10. The molecule has 0 spiro atoms. The van der Waals surface area contributed by atoms with Crippen molar-refractivity contribution < 1.29 is 18.1 Å². The second kappa shape index (κ2) is 10.3. The van der Waals surface area contributed by atoms with Gasteiger partial charge in [0.1, 0.15) is 11.5 Å². The van der Waals surface area contributed by atoms with Gasteiger partial charge in [-0.2, -0.15) is 0 Å². The van der Waals surface area contributed by atoms with E-state index in [4.69, 9.17) is 13.6 Å². The Labute approximate surface area is 176 Å². The predicted octanol–water partition coefficient (Wildman–Crippen LogP) is 7.58. The second-order valence-electron chi connectivity index (χ2n) is 8.48. The summed E-state index contributed by atoms with van der Waals surface area (Å²) < 4.78 is 31.2. The Bertz CT molecular complexity index is 762. The summed E-state index contributed by atoms with van der Waals surface area (Å²) in [5.74, 6) is 1.83. The molecule has 2 rings (SSSR count). The minimum Gasteiger partial charge on any atom is -0.395 e. The van der Waals surface area contributed by atoms with Crippen LogP contribution in [0, 0.1) is 39.5 Å². The number of benzene rings is 2. The van der Waals surface area contributed by atoms with Crippen molar-refractivity contribution in [2.24, 2.45) is 11.8 Å². The molecule has 160 valence electrons. The summed E-state index contributed by atoms with van der Waals surface area (Å²) in [6.07, 6.45) is 1.95. The topological polar surface area (TPSA) is 44.8 Å². The van der Waals surface area contributed by atoms with E-state index in [-0.39, 0.29) is 0 Å². The average molecular weight is 419 g/mol. The molecule has 0 heterocycles. The van der Waals surface area contributed by atoms with Crippen LogP contribution in [0.3, 0.4) is 0 Å². The Morgan fingerprint density at radius 3 is 1.55 bits per heavy atom. The van der Waals surface area contributed by atoms with Crippen molar-refractivity contribution in [3.05, 3.63) is 58.7 Å². The number of aryl methyl sites for hydroxylation is 4. The summed E-state index contributed by atoms with van der Waals surface area (Å²) in [5.41, 5.74) is 4.13. The zero-order valence-corrected chi connectivity index (χ0v) is 19.7. The van der Waals surface area contributed by atoms with E-state index in [1.807, 2.05) is 64.1 Å². The van der Waals surface area contributed by atoms with Gasteiger partial charge in [0.05, 0.1) is 6.61 Å². The molecule has 0 N–H and O–H groups in total. The van der Waals surface area contributed by atoms with Gasteiger partial charge in [0, 0.05) is 0 Å². The maximum Gasteiger partial charge on any atom is 0.587 e. The molecule has 0 bridgehead atoms. The molecule has 0 amide bonds. The van der Waals surface area contributed by atoms with Crippen LogP contribution in [0.4, 0.5) is 0 Å². The van der Waals surface area contributed by atoms with Crippen molar-refractivity contribution in [1.82, 2.24) is 0 Å². The standard InChI is InChI=1S/C24H35O4P/c1-8-22(9-17(2)3)16-26-29(25,27-23-12-18(4)10-19(5)13-23)28-24-14-20(6)11-21(7)15-24/h10-15,17,22H,8-9,16H2,1-7H3. The summed E-state index contributed by atoms with van der Waals surface area (Å²) in [6.45, 7) is 14.7. The second-order valence-corrected chi connectivity index (χ2v) is 9.99. The minimum absolute atomic E-state index is 0.300. The third-order valence-electron chi connectivity index (χ3n) is 4.68. The van der Waals surface area contributed by atoms with Gasteiger partial charge in [-0.15, -0.1) is 0 Å². The zero-order chi connectivity index (χ0) is 21.6. The molecule has 0 aliphatic rings. The van der Waals surface area contributed by atoms with Crippen LogP contribution in [-0.2, 0) is 9.09 Å².